The maximum Gasteiger partial charge on any atom is 0.416 e. The second-order valence-electron chi connectivity index (χ2n) is 11.2. The Hall–Kier alpha value is -3.45. The van der Waals surface area contributed by atoms with Gasteiger partial charge in [0.05, 0.1) is 30.5 Å². The molecule has 236 valence electrons. The standard InChI is InChI=1S/C32H34F6N4O2/c33-31(34,35)26-18-25(19-27(20-26)32(36,37)38)30(43)42-11-10-40(9-3-6-29(39)41-12-14-44-15-13-41)21-28(42)17-22-7-8-23-4-1-2-5-24(23)16-22/h1-8,16,18-20,28-29H,9-15,17,21,39H2/b6-3+/t28-,29?/m1/s1. The van der Waals surface area contributed by atoms with E-state index < -0.39 is 41.0 Å². The third kappa shape index (κ3) is 7.79. The van der Waals surface area contributed by atoms with Crippen molar-refractivity contribution in [2.75, 3.05) is 52.5 Å². The quantitative estimate of drug-likeness (QED) is 0.283. The maximum absolute atomic E-state index is 13.7. The molecule has 1 unspecified atom stereocenters. The molecule has 2 atom stereocenters. The Morgan fingerprint density at radius 3 is 2.20 bits per heavy atom. The summed E-state index contributed by atoms with van der Waals surface area (Å²) >= 11 is 0. The van der Waals surface area contributed by atoms with E-state index in [-0.39, 0.29) is 18.8 Å². The molecule has 2 aliphatic rings. The summed E-state index contributed by atoms with van der Waals surface area (Å²) in [6.07, 6.45) is -6.15. The van der Waals surface area contributed by atoms with Crippen molar-refractivity contribution in [3.63, 3.8) is 0 Å². The maximum atomic E-state index is 13.7. The zero-order valence-corrected chi connectivity index (χ0v) is 24.0. The van der Waals surface area contributed by atoms with Gasteiger partial charge in [-0.25, -0.2) is 0 Å². The molecule has 12 heteroatoms. The van der Waals surface area contributed by atoms with Crippen LogP contribution in [0, 0.1) is 0 Å². The number of hydrogen-bond donors (Lipinski definition) is 1. The minimum atomic E-state index is -5.05. The molecule has 0 bridgehead atoms. The molecule has 6 nitrogen and oxygen atoms in total. The first-order valence-electron chi connectivity index (χ1n) is 14.4. The zero-order valence-electron chi connectivity index (χ0n) is 24.0. The van der Waals surface area contributed by atoms with Gasteiger partial charge in [-0.1, -0.05) is 54.6 Å². The summed E-state index contributed by atoms with van der Waals surface area (Å²) in [7, 11) is 0. The molecule has 0 spiro atoms. The lowest BCUT2D eigenvalue weighted by Crippen LogP contribution is -2.56. The van der Waals surface area contributed by atoms with E-state index in [2.05, 4.69) is 9.80 Å². The van der Waals surface area contributed by atoms with E-state index in [0.29, 0.717) is 51.4 Å². The predicted molar refractivity (Wildman–Crippen MR) is 155 cm³/mol. The number of nitrogens with zero attached hydrogens (tertiary/aromatic N) is 3. The number of carbonyl (C=O) groups is 1. The SMILES string of the molecule is NC(/C=C/CN1CCN(C(=O)c2cc(C(F)(F)F)cc(C(F)(F)F)c2)[C@H](Cc2ccc3ccccc3c2)C1)N1CCOCC1. The Bertz CT molecular complexity index is 1450. The van der Waals surface area contributed by atoms with Crippen LogP contribution in [0.3, 0.4) is 0 Å². The smallest absolute Gasteiger partial charge is 0.379 e. The highest BCUT2D eigenvalue weighted by Crippen LogP contribution is 2.37. The molecule has 3 aromatic carbocycles. The van der Waals surface area contributed by atoms with Gasteiger partial charge in [0.15, 0.2) is 0 Å². The van der Waals surface area contributed by atoms with Crippen molar-refractivity contribution in [3.05, 3.63) is 95.1 Å². The van der Waals surface area contributed by atoms with Gasteiger partial charge in [-0.3, -0.25) is 14.6 Å². The van der Waals surface area contributed by atoms with Crippen molar-refractivity contribution in [2.45, 2.75) is 31.0 Å². The fourth-order valence-electron chi connectivity index (χ4n) is 5.76. The van der Waals surface area contributed by atoms with Gasteiger partial charge in [-0.2, -0.15) is 26.3 Å². The van der Waals surface area contributed by atoms with E-state index in [1.165, 1.54) is 4.90 Å². The van der Waals surface area contributed by atoms with Crippen molar-refractivity contribution < 1.29 is 35.9 Å². The molecule has 0 aliphatic carbocycles. The Balaban J connectivity index is 1.39. The number of rotatable bonds is 7. The van der Waals surface area contributed by atoms with Gasteiger partial charge in [0, 0.05) is 50.9 Å². The fourth-order valence-corrected chi connectivity index (χ4v) is 5.76. The predicted octanol–water partition coefficient (Wildman–Crippen LogP) is 5.42. The van der Waals surface area contributed by atoms with E-state index >= 15 is 0 Å². The number of amides is 1. The van der Waals surface area contributed by atoms with Crippen LogP contribution in [0.4, 0.5) is 26.3 Å². The van der Waals surface area contributed by atoms with Crippen LogP contribution in [0.1, 0.15) is 27.0 Å². The minimum absolute atomic E-state index is 0.0369. The van der Waals surface area contributed by atoms with Crippen LogP contribution in [0.5, 0.6) is 0 Å². The molecule has 0 radical (unpaired) electrons. The molecule has 2 fully saturated rings. The zero-order chi connectivity index (χ0) is 31.5. The van der Waals surface area contributed by atoms with Crippen molar-refractivity contribution >= 4 is 16.7 Å². The highest BCUT2D eigenvalue weighted by molar-refractivity contribution is 5.95. The first-order valence-corrected chi connectivity index (χ1v) is 14.4. The van der Waals surface area contributed by atoms with E-state index in [9.17, 15) is 31.1 Å². The first kappa shape index (κ1) is 32.0. The molecule has 0 aromatic heterocycles. The number of ether oxygens (including phenoxy) is 1. The van der Waals surface area contributed by atoms with Crippen molar-refractivity contribution in [2.24, 2.45) is 5.73 Å². The van der Waals surface area contributed by atoms with Crippen LogP contribution in [0.2, 0.25) is 0 Å². The van der Waals surface area contributed by atoms with Crippen molar-refractivity contribution in [3.8, 4) is 0 Å². The molecule has 0 saturated carbocycles. The highest BCUT2D eigenvalue weighted by atomic mass is 19.4. The van der Waals surface area contributed by atoms with E-state index in [1.54, 1.807) is 0 Å². The number of carbonyl (C=O) groups excluding carboxylic acids is 1. The van der Waals surface area contributed by atoms with Crippen LogP contribution in [0.25, 0.3) is 10.8 Å². The molecular weight excluding hydrogens is 586 g/mol. The van der Waals surface area contributed by atoms with Gasteiger partial charge in [-0.05, 0) is 41.0 Å². The van der Waals surface area contributed by atoms with E-state index in [4.69, 9.17) is 10.5 Å². The van der Waals surface area contributed by atoms with Crippen LogP contribution < -0.4 is 5.73 Å². The molecule has 44 heavy (non-hydrogen) atoms. The summed E-state index contributed by atoms with van der Waals surface area (Å²) in [5.74, 6) is -0.864. The van der Waals surface area contributed by atoms with Gasteiger partial charge in [0.1, 0.15) is 0 Å². The summed E-state index contributed by atoms with van der Waals surface area (Å²) in [5, 5.41) is 2.02. The molecule has 2 saturated heterocycles. The number of halogens is 6. The van der Waals surface area contributed by atoms with Gasteiger partial charge < -0.3 is 15.4 Å². The molecule has 3 aromatic rings. The highest BCUT2D eigenvalue weighted by Gasteiger charge is 2.39. The van der Waals surface area contributed by atoms with Crippen LogP contribution >= 0.6 is 0 Å². The number of morpholine rings is 1. The summed E-state index contributed by atoms with van der Waals surface area (Å²) in [4.78, 5) is 19.3. The number of benzene rings is 3. The average Bonchev–Trinajstić information content (AvgIpc) is 3.00. The second kappa shape index (κ2) is 13.3. The average molecular weight is 621 g/mol. The van der Waals surface area contributed by atoms with Crippen LogP contribution in [-0.2, 0) is 23.5 Å². The Morgan fingerprint density at radius 2 is 1.55 bits per heavy atom. The van der Waals surface area contributed by atoms with Crippen molar-refractivity contribution in [1.82, 2.24) is 14.7 Å². The number of nitrogens with two attached hydrogens (primary N) is 1. The van der Waals surface area contributed by atoms with Gasteiger partial charge in [0.2, 0.25) is 0 Å². The minimum Gasteiger partial charge on any atom is -0.379 e. The lowest BCUT2D eigenvalue weighted by Gasteiger charge is -2.41. The summed E-state index contributed by atoms with van der Waals surface area (Å²) in [6, 6.07) is 14.2. The molecule has 2 heterocycles. The van der Waals surface area contributed by atoms with Crippen LogP contribution in [-0.4, -0.2) is 85.3 Å². The second-order valence-corrected chi connectivity index (χ2v) is 11.2. The van der Waals surface area contributed by atoms with Crippen LogP contribution in [0.15, 0.2) is 72.8 Å². The summed E-state index contributed by atoms with van der Waals surface area (Å²) < 4.78 is 86.7. The lowest BCUT2D eigenvalue weighted by atomic mass is 9.97. The molecule has 2 N–H and O–H groups in total. The normalized spacial score (nSPS) is 20.0. The van der Waals surface area contributed by atoms with E-state index in [1.807, 2.05) is 54.6 Å². The number of fused-ring (bicyclic) bond motifs is 1. The summed E-state index contributed by atoms with van der Waals surface area (Å²) in [5.41, 5.74) is 3.54. The summed E-state index contributed by atoms with van der Waals surface area (Å²) in [6.45, 7) is 4.11. The van der Waals surface area contributed by atoms with Gasteiger partial charge in [-0.15, -0.1) is 0 Å². The van der Waals surface area contributed by atoms with Gasteiger partial charge in [0.25, 0.3) is 5.91 Å². The number of piperazine rings is 1. The molecule has 5 rings (SSSR count). The molecule has 2 aliphatic heterocycles. The fraction of sp³-hybridized carbons (Fsp3) is 0.406. The van der Waals surface area contributed by atoms with Gasteiger partial charge >= 0.3 is 12.4 Å². The third-order valence-corrected chi connectivity index (χ3v) is 8.11. The topological polar surface area (TPSA) is 62.0 Å². The number of hydrogen-bond acceptors (Lipinski definition) is 5. The lowest BCUT2D eigenvalue weighted by molar-refractivity contribution is -0.143. The monoisotopic (exact) mass is 620 g/mol. The Labute approximate surface area is 251 Å². The first-order chi connectivity index (χ1) is 20.9. The third-order valence-electron chi connectivity index (χ3n) is 8.11. The Morgan fingerprint density at radius 1 is 0.886 bits per heavy atom. The Kier molecular flexibility index (Phi) is 9.64. The largest absolute Gasteiger partial charge is 0.416 e. The van der Waals surface area contributed by atoms with E-state index in [0.717, 1.165) is 29.4 Å². The number of alkyl halides is 6. The molecular formula is C32H34F6N4O2. The van der Waals surface area contributed by atoms with Crippen molar-refractivity contribution in [1.29, 1.82) is 0 Å². The molecule has 1 amide bonds.